The van der Waals surface area contributed by atoms with Crippen LogP contribution in [0, 0.1) is 6.92 Å². The Labute approximate surface area is 107 Å². The van der Waals surface area contributed by atoms with Gasteiger partial charge in [-0.1, -0.05) is 35.0 Å². The molecule has 18 heavy (non-hydrogen) atoms. The molecule has 0 spiro atoms. The first-order chi connectivity index (χ1) is 8.67. The molecule has 1 atom stereocenters. The van der Waals surface area contributed by atoms with Crippen LogP contribution in [-0.4, -0.2) is 23.2 Å². The zero-order chi connectivity index (χ0) is 13.0. The summed E-state index contributed by atoms with van der Waals surface area (Å²) in [5, 5.41) is 7.16. The van der Waals surface area contributed by atoms with Crippen LogP contribution >= 0.6 is 0 Å². The average Bonchev–Trinajstić information content (AvgIpc) is 2.79. The maximum absolute atomic E-state index is 5.23. The Morgan fingerprint density at radius 1 is 1.28 bits per heavy atom. The van der Waals surface area contributed by atoms with Gasteiger partial charge >= 0.3 is 0 Å². The Kier molecular flexibility index (Phi) is 4.10. The number of aromatic nitrogens is 2. The van der Waals surface area contributed by atoms with Gasteiger partial charge < -0.3 is 9.84 Å². The molecular formula is C14H19N3O. The molecule has 1 heterocycles. The number of likely N-dealkylation sites (N-methyl/N-ethyl adjacent to an activating group) is 1. The van der Waals surface area contributed by atoms with E-state index in [4.69, 9.17) is 4.52 Å². The predicted octanol–water partition coefficient (Wildman–Crippen LogP) is 2.12. The van der Waals surface area contributed by atoms with Crippen molar-refractivity contribution >= 4 is 0 Å². The molecule has 4 nitrogen and oxygen atoms in total. The summed E-state index contributed by atoms with van der Waals surface area (Å²) >= 11 is 0. The highest BCUT2D eigenvalue weighted by molar-refractivity contribution is 5.23. The molecule has 1 aromatic carbocycles. The number of nitrogens with zero attached hydrogens (tertiary/aromatic N) is 2. The van der Waals surface area contributed by atoms with Gasteiger partial charge in [-0.2, -0.15) is 4.98 Å². The molecule has 4 heteroatoms. The Morgan fingerprint density at radius 3 is 2.67 bits per heavy atom. The fourth-order valence-corrected chi connectivity index (χ4v) is 1.70. The molecule has 1 aromatic heterocycles. The van der Waals surface area contributed by atoms with Crippen molar-refractivity contribution < 1.29 is 4.52 Å². The third kappa shape index (κ3) is 3.40. The smallest absolute Gasteiger partial charge is 0.228 e. The Balaban J connectivity index is 2.00. The minimum Gasteiger partial charge on any atom is -0.339 e. The zero-order valence-electron chi connectivity index (χ0n) is 11.1. The Bertz CT molecular complexity index is 490. The molecule has 0 fully saturated rings. The van der Waals surface area contributed by atoms with Gasteiger partial charge in [0.15, 0.2) is 5.82 Å². The number of hydrogen-bond donors (Lipinski definition) is 1. The van der Waals surface area contributed by atoms with Crippen molar-refractivity contribution in [3.05, 3.63) is 47.1 Å². The van der Waals surface area contributed by atoms with Gasteiger partial charge in [-0.05, 0) is 26.5 Å². The highest BCUT2D eigenvalue weighted by Gasteiger charge is 2.09. The van der Waals surface area contributed by atoms with Gasteiger partial charge in [-0.15, -0.1) is 0 Å². The molecule has 1 N–H and O–H groups in total. The molecule has 0 aliphatic carbocycles. The van der Waals surface area contributed by atoms with Crippen LogP contribution in [0.3, 0.4) is 0 Å². The molecular weight excluding hydrogens is 226 g/mol. The lowest BCUT2D eigenvalue weighted by molar-refractivity contribution is 0.361. The topological polar surface area (TPSA) is 51.0 Å². The molecule has 2 aromatic rings. The van der Waals surface area contributed by atoms with Crippen LogP contribution in [0.15, 0.2) is 28.8 Å². The largest absolute Gasteiger partial charge is 0.339 e. The first kappa shape index (κ1) is 12.8. The van der Waals surface area contributed by atoms with E-state index in [-0.39, 0.29) is 0 Å². The predicted molar refractivity (Wildman–Crippen MR) is 70.5 cm³/mol. The summed E-state index contributed by atoms with van der Waals surface area (Å²) in [6, 6.07) is 8.74. The van der Waals surface area contributed by atoms with Crippen LogP contribution < -0.4 is 5.32 Å². The summed E-state index contributed by atoms with van der Waals surface area (Å²) in [4.78, 5) is 4.40. The second kappa shape index (κ2) is 5.78. The van der Waals surface area contributed by atoms with Crippen molar-refractivity contribution in [2.24, 2.45) is 0 Å². The van der Waals surface area contributed by atoms with E-state index in [1.807, 2.05) is 7.05 Å². The first-order valence-corrected chi connectivity index (χ1v) is 6.21. The Hall–Kier alpha value is -1.68. The molecule has 96 valence electrons. The van der Waals surface area contributed by atoms with Crippen molar-refractivity contribution in [1.29, 1.82) is 0 Å². The monoisotopic (exact) mass is 245 g/mol. The van der Waals surface area contributed by atoms with Gasteiger partial charge in [0, 0.05) is 18.9 Å². The minimum absolute atomic E-state index is 0.345. The molecule has 0 aliphatic rings. The second-order valence-corrected chi connectivity index (χ2v) is 4.66. The van der Waals surface area contributed by atoms with Gasteiger partial charge in [0.25, 0.3) is 0 Å². The number of aryl methyl sites for hydroxylation is 1. The summed E-state index contributed by atoms with van der Waals surface area (Å²) in [6.45, 7) is 4.17. The summed E-state index contributed by atoms with van der Waals surface area (Å²) in [7, 11) is 1.92. The van der Waals surface area contributed by atoms with Crippen molar-refractivity contribution in [1.82, 2.24) is 15.5 Å². The highest BCUT2D eigenvalue weighted by atomic mass is 16.5. The maximum atomic E-state index is 5.23. The number of benzene rings is 1. The molecule has 0 saturated heterocycles. The molecule has 1 unspecified atom stereocenters. The second-order valence-electron chi connectivity index (χ2n) is 4.66. The molecule has 0 aliphatic heterocycles. The van der Waals surface area contributed by atoms with Crippen molar-refractivity contribution in [2.45, 2.75) is 32.7 Å². The minimum atomic E-state index is 0.345. The lowest BCUT2D eigenvalue weighted by Crippen LogP contribution is -2.23. The summed E-state index contributed by atoms with van der Waals surface area (Å²) in [5.74, 6) is 1.44. The number of nitrogens with one attached hydrogen (secondary N) is 1. The third-order valence-corrected chi connectivity index (χ3v) is 2.97. The van der Waals surface area contributed by atoms with Crippen LogP contribution in [0.5, 0.6) is 0 Å². The lowest BCUT2D eigenvalue weighted by Gasteiger charge is -2.04. The Morgan fingerprint density at radius 2 is 2.00 bits per heavy atom. The van der Waals surface area contributed by atoms with Crippen LogP contribution in [-0.2, 0) is 12.8 Å². The summed E-state index contributed by atoms with van der Waals surface area (Å²) in [5.41, 5.74) is 2.46. The fraction of sp³-hybridized carbons (Fsp3) is 0.429. The van der Waals surface area contributed by atoms with Crippen molar-refractivity contribution in [3.63, 3.8) is 0 Å². The van der Waals surface area contributed by atoms with Gasteiger partial charge in [0.2, 0.25) is 5.89 Å². The standard InChI is InChI=1S/C14H19N3O/c1-10-4-6-12(7-5-10)9-13-16-14(18-17-13)8-11(2)15-3/h4-7,11,15H,8-9H2,1-3H3. The molecule has 0 saturated carbocycles. The molecule has 2 rings (SSSR count). The van der Waals surface area contributed by atoms with Gasteiger partial charge in [0.05, 0.1) is 0 Å². The van der Waals surface area contributed by atoms with E-state index in [1.165, 1.54) is 11.1 Å². The summed E-state index contributed by atoms with van der Waals surface area (Å²) < 4.78 is 5.23. The maximum Gasteiger partial charge on any atom is 0.228 e. The normalized spacial score (nSPS) is 12.6. The van der Waals surface area contributed by atoms with Gasteiger partial charge in [0.1, 0.15) is 0 Å². The third-order valence-electron chi connectivity index (χ3n) is 2.97. The van der Waals surface area contributed by atoms with E-state index in [2.05, 4.69) is 53.6 Å². The zero-order valence-corrected chi connectivity index (χ0v) is 11.1. The van der Waals surface area contributed by atoms with Crippen LogP contribution in [0.1, 0.15) is 29.8 Å². The number of hydrogen-bond acceptors (Lipinski definition) is 4. The van der Waals surface area contributed by atoms with Crippen LogP contribution in [0.2, 0.25) is 0 Å². The van der Waals surface area contributed by atoms with E-state index in [9.17, 15) is 0 Å². The highest BCUT2D eigenvalue weighted by Crippen LogP contribution is 2.09. The van der Waals surface area contributed by atoms with Crippen molar-refractivity contribution in [2.75, 3.05) is 7.05 Å². The van der Waals surface area contributed by atoms with Crippen LogP contribution in [0.4, 0.5) is 0 Å². The van der Waals surface area contributed by atoms with Crippen molar-refractivity contribution in [3.8, 4) is 0 Å². The van der Waals surface area contributed by atoms with Gasteiger partial charge in [-0.25, -0.2) is 0 Å². The fourth-order valence-electron chi connectivity index (χ4n) is 1.70. The SMILES string of the molecule is CNC(C)Cc1nc(Cc2ccc(C)cc2)no1. The van der Waals surface area contributed by atoms with E-state index in [0.29, 0.717) is 11.9 Å². The van der Waals surface area contributed by atoms with Gasteiger partial charge in [-0.3, -0.25) is 0 Å². The number of rotatable bonds is 5. The summed E-state index contributed by atoms with van der Waals surface area (Å²) in [6.07, 6.45) is 1.48. The van der Waals surface area contributed by atoms with E-state index in [1.54, 1.807) is 0 Å². The van der Waals surface area contributed by atoms with E-state index >= 15 is 0 Å². The van der Waals surface area contributed by atoms with E-state index < -0.39 is 0 Å². The molecule has 0 bridgehead atoms. The molecule has 0 radical (unpaired) electrons. The lowest BCUT2D eigenvalue weighted by atomic mass is 10.1. The quantitative estimate of drug-likeness (QED) is 0.876. The van der Waals surface area contributed by atoms with Crippen LogP contribution in [0.25, 0.3) is 0 Å². The molecule has 0 amide bonds. The van der Waals surface area contributed by atoms with E-state index in [0.717, 1.165) is 18.7 Å². The average molecular weight is 245 g/mol. The first-order valence-electron chi connectivity index (χ1n) is 6.21.